The molecule has 0 bridgehead atoms. The topological polar surface area (TPSA) is 108 Å². The highest BCUT2D eigenvalue weighted by Gasteiger charge is 2.23. The monoisotopic (exact) mass is 692 g/mol. The fraction of sp³-hybridized carbons (Fsp3) is 0.667. The second kappa shape index (κ2) is 31.0. The average Bonchev–Trinajstić information content (AvgIpc) is 3.02. The van der Waals surface area contributed by atoms with Crippen molar-refractivity contribution in [2.24, 2.45) is 0 Å². The quantitative estimate of drug-likeness (QED) is 0.0326. The van der Waals surface area contributed by atoms with Gasteiger partial charge in [-0.05, 0) is 64.2 Å². The molecule has 0 saturated carbocycles. The number of allylic oxidation sites excluding steroid dienone is 11. The van der Waals surface area contributed by atoms with E-state index in [0.717, 1.165) is 96.3 Å². The molecule has 0 aliphatic carbocycles. The number of aliphatic hydroxyl groups is 1. The lowest BCUT2D eigenvalue weighted by molar-refractivity contribution is -0.870. The third-order valence-electron chi connectivity index (χ3n) is 7.42. The zero-order chi connectivity index (χ0) is 35.8. The molecule has 1 amide bonds. The van der Waals surface area contributed by atoms with Gasteiger partial charge in [0.15, 0.2) is 0 Å². The van der Waals surface area contributed by atoms with Gasteiger partial charge >= 0.3 is 0 Å². The molecule has 3 unspecified atom stereocenters. The number of hydrogen-bond donors (Lipinski definition) is 2. The van der Waals surface area contributed by atoms with Crippen LogP contribution in [0.5, 0.6) is 0 Å². The Bertz CT molecular complexity index is 1010. The Balaban J connectivity index is 4.31. The van der Waals surface area contributed by atoms with E-state index >= 15 is 0 Å². The van der Waals surface area contributed by atoms with Crippen LogP contribution >= 0.6 is 7.82 Å². The Morgan fingerprint density at radius 2 is 1.27 bits per heavy atom. The number of quaternary nitrogens is 1. The summed E-state index contributed by atoms with van der Waals surface area (Å²) in [6.45, 7) is 4.35. The van der Waals surface area contributed by atoms with Crippen molar-refractivity contribution < 1.29 is 32.9 Å². The number of hydrogen-bond acceptors (Lipinski definition) is 6. The second-order valence-corrected chi connectivity index (χ2v) is 14.6. The number of phosphoric acid groups is 1. The molecule has 48 heavy (non-hydrogen) atoms. The van der Waals surface area contributed by atoms with Gasteiger partial charge in [0.1, 0.15) is 13.2 Å². The first-order chi connectivity index (χ1) is 23.0. The molecule has 0 heterocycles. The molecule has 0 saturated heterocycles. The molecule has 9 heteroatoms. The summed E-state index contributed by atoms with van der Waals surface area (Å²) >= 11 is 0. The molecular weight excluding hydrogens is 623 g/mol. The molecule has 8 nitrogen and oxygen atoms in total. The molecule has 0 rings (SSSR count). The van der Waals surface area contributed by atoms with Gasteiger partial charge in [-0.3, -0.25) is 9.36 Å². The van der Waals surface area contributed by atoms with Gasteiger partial charge in [0, 0.05) is 6.42 Å². The van der Waals surface area contributed by atoms with Crippen LogP contribution in [-0.2, 0) is 18.4 Å². The first-order valence-corrected chi connectivity index (χ1v) is 19.8. The van der Waals surface area contributed by atoms with Gasteiger partial charge in [-0.2, -0.15) is 0 Å². The van der Waals surface area contributed by atoms with Crippen LogP contribution in [0.3, 0.4) is 0 Å². The Morgan fingerprint density at radius 1 is 0.750 bits per heavy atom. The first-order valence-electron chi connectivity index (χ1n) is 18.3. The molecule has 0 aliphatic heterocycles. The summed E-state index contributed by atoms with van der Waals surface area (Å²) in [6, 6.07) is -0.896. The van der Waals surface area contributed by atoms with Crippen molar-refractivity contribution in [1.82, 2.24) is 5.32 Å². The van der Waals surface area contributed by atoms with E-state index in [0.29, 0.717) is 17.4 Å². The number of phosphoric ester groups is 1. The number of unbranched alkanes of at least 4 members (excludes halogenated alkanes) is 8. The third kappa shape index (κ3) is 32.5. The molecule has 2 N–H and O–H groups in total. The molecule has 3 atom stereocenters. The molecule has 0 spiro atoms. The lowest BCUT2D eigenvalue weighted by atomic mass is 10.1. The summed E-state index contributed by atoms with van der Waals surface area (Å²) in [5.41, 5.74) is 0. The normalized spacial score (nSPS) is 15.6. The van der Waals surface area contributed by atoms with Crippen LogP contribution in [0.1, 0.15) is 117 Å². The van der Waals surface area contributed by atoms with Gasteiger partial charge in [-0.1, -0.05) is 119 Å². The summed E-state index contributed by atoms with van der Waals surface area (Å²) in [5, 5.41) is 13.5. The fourth-order valence-corrected chi connectivity index (χ4v) is 5.19. The molecule has 0 aromatic heterocycles. The molecule has 0 aliphatic rings. The van der Waals surface area contributed by atoms with Crippen molar-refractivity contribution in [1.29, 1.82) is 0 Å². The summed E-state index contributed by atoms with van der Waals surface area (Å²) in [5.74, 6) is -0.229. The number of carbonyl (C=O) groups excluding carboxylic acids is 1. The van der Waals surface area contributed by atoms with E-state index < -0.39 is 26.6 Å². The summed E-state index contributed by atoms with van der Waals surface area (Å²) in [4.78, 5) is 25.0. The SMILES string of the molecule is CC/C=C\C/C=C\C/C=C\C/C=C\C/C=C\CCCCCCCC(=O)NC(COP(=O)([O-])OCC[N+](C)(C)C)C(O)/C=C/CCCCC. The molecular formula is C39H69N2O6P. The predicted octanol–water partition coefficient (Wildman–Crippen LogP) is 8.66. The van der Waals surface area contributed by atoms with Gasteiger partial charge in [-0.15, -0.1) is 0 Å². The number of likely N-dealkylation sites (N-methyl/N-ethyl adjacent to an activating group) is 1. The largest absolute Gasteiger partial charge is 0.756 e. The van der Waals surface area contributed by atoms with Gasteiger partial charge in [-0.25, -0.2) is 0 Å². The van der Waals surface area contributed by atoms with Crippen LogP contribution in [0.15, 0.2) is 72.9 Å². The van der Waals surface area contributed by atoms with E-state index in [-0.39, 0.29) is 12.5 Å². The summed E-state index contributed by atoms with van der Waals surface area (Å²) in [6.07, 6.45) is 39.9. The zero-order valence-corrected chi connectivity index (χ0v) is 31.8. The predicted molar refractivity (Wildman–Crippen MR) is 200 cm³/mol. The maximum absolute atomic E-state index is 12.7. The van der Waals surface area contributed by atoms with Crippen molar-refractivity contribution in [3.63, 3.8) is 0 Å². The number of amides is 1. The van der Waals surface area contributed by atoms with E-state index in [2.05, 4.69) is 79.9 Å². The van der Waals surface area contributed by atoms with Crippen molar-refractivity contribution >= 4 is 13.7 Å². The fourth-order valence-electron chi connectivity index (χ4n) is 4.47. The van der Waals surface area contributed by atoms with Crippen LogP contribution in [0.2, 0.25) is 0 Å². The van der Waals surface area contributed by atoms with Crippen LogP contribution in [0.25, 0.3) is 0 Å². The summed E-state index contributed by atoms with van der Waals surface area (Å²) in [7, 11) is 1.22. The van der Waals surface area contributed by atoms with Crippen molar-refractivity contribution in [2.75, 3.05) is 40.9 Å². The van der Waals surface area contributed by atoms with Crippen molar-refractivity contribution in [3.05, 3.63) is 72.9 Å². The summed E-state index contributed by atoms with van der Waals surface area (Å²) < 4.78 is 22.9. The van der Waals surface area contributed by atoms with Crippen LogP contribution in [0.4, 0.5) is 0 Å². The van der Waals surface area contributed by atoms with Crippen molar-refractivity contribution in [3.8, 4) is 0 Å². The number of aliphatic hydroxyl groups excluding tert-OH is 1. The minimum Gasteiger partial charge on any atom is -0.756 e. The van der Waals surface area contributed by atoms with Gasteiger partial charge < -0.3 is 28.8 Å². The van der Waals surface area contributed by atoms with Gasteiger partial charge in [0.25, 0.3) is 7.82 Å². The number of rotatable bonds is 31. The highest BCUT2D eigenvalue weighted by atomic mass is 31.2. The molecule has 0 radical (unpaired) electrons. The number of nitrogens with zero attached hydrogens (tertiary/aromatic N) is 1. The minimum absolute atomic E-state index is 0.0104. The first kappa shape index (κ1) is 45.9. The number of carbonyl (C=O) groups is 1. The Labute approximate surface area is 294 Å². The lowest BCUT2D eigenvalue weighted by Gasteiger charge is -2.29. The van der Waals surface area contributed by atoms with Crippen LogP contribution in [-0.4, -0.2) is 68.5 Å². The van der Waals surface area contributed by atoms with Crippen LogP contribution < -0.4 is 10.2 Å². The zero-order valence-electron chi connectivity index (χ0n) is 30.9. The van der Waals surface area contributed by atoms with E-state index in [1.165, 1.54) is 0 Å². The van der Waals surface area contributed by atoms with E-state index in [1.807, 2.05) is 27.2 Å². The third-order valence-corrected chi connectivity index (χ3v) is 8.39. The van der Waals surface area contributed by atoms with E-state index in [4.69, 9.17) is 9.05 Å². The van der Waals surface area contributed by atoms with Crippen LogP contribution in [0, 0.1) is 0 Å². The molecule has 276 valence electrons. The Kier molecular flexibility index (Phi) is 29.6. The Hall–Kier alpha value is -2.06. The molecule has 0 aromatic rings. The van der Waals surface area contributed by atoms with Gasteiger partial charge in [0.2, 0.25) is 5.91 Å². The second-order valence-electron chi connectivity index (χ2n) is 13.2. The molecule has 0 aromatic carbocycles. The lowest BCUT2D eigenvalue weighted by Crippen LogP contribution is -2.45. The number of nitrogens with one attached hydrogen (secondary N) is 1. The Morgan fingerprint density at radius 3 is 1.85 bits per heavy atom. The maximum atomic E-state index is 12.7. The standard InChI is InChI=1S/C39H69N2O6P/c1-6-8-10-12-13-14-15-16-17-18-19-20-21-22-23-24-25-26-27-29-31-33-39(43)40-37(38(42)32-30-28-11-9-7-2)36-47-48(44,45)46-35-34-41(3,4)5/h8,10,13-14,16-17,19-20,22-23,30,32,37-38,42H,6-7,9,11-12,15,18,21,24-29,31,33-36H2,1-5H3,(H-,40,43,44,45)/b10-8-,14-13-,17-16-,20-19-,23-22-,32-30+. The highest BCUT2D eigenvalue weighted by Crippen LogP contribution is 2.38. The molecule has 0 fully saturated rings. The van der Waals surface area contributed by atoms with Gasteiger partial charge in [0.05, 0.1) is 39.9 Å². The van der Waals surface area contributed by atoms with E-state index in [1.54, 1.807) is 6.08 Å². The maximum Gasteiger partial charge on any atom is 0.268 e. The minimum atomic E-state index is -4.58. The van der Waals surface area contributed by atoms with Crippen molar-refractivity contribution in [2.45, 2.75) is 129 Å². The van der Waals surface area contributed by atoms with E-state index in [9.17, 15) is 19.4 Å². The highest BCUT2D eigenvalue weighted by molar-refractivity contribution is 7.45. The smallest absolute Gasteiger partial charge is 0.268 e. The average molecular weight is 693 g/mol.